The molecule has 7 nitrogen and oxygen atoms in total. The van der Waals surface area contributed by atoms with Crippen molar-refractivity contribution >= 4 is 16.0 Å². The Kier molecular flexibility index (Phi) is 7.80. The highest BCUT2D eigenvalue weighted by Gasteiger charge is 2.64. The summed E-state index contributed by atoms with van der Waals surface area (Å²) < 4.78 is 34.1. The lowest BCUT2D eigenvalue weighted by Crippen LogP contribution is -2.62. The molecule has 12 atom stereocenters. The van der Waals surface area contributed by atoms with Gasteiger partial charge in [-0.05, 0) is 110 Å². The molecule has 218 valence electrons. The molecular weight excluding hydrogens is 502 g/mol. The molecule has 5 fully saturated rings. The van der Waals surface area contributed by atoms with Crippen LogP contribution in [0.3, 0.4) is 0 Å². The smallest absolute Gasteiger partial charge is 0.222 e. The molecule has 1 saturated heterocycles. The largest absolute Gasteiger partial charge is 0.748 e. The molecule has 1 aliphatic heterocycles. The maximum absolute atomic E-state index is 12.9. The van der Waals surface area contributed by atoms with Crippen LogP contribution in [0, 0.1) is 52.3 Å². The Labute approximate surface area is 229 Å². The fourth-order valence-electron chi connectivity index (χ4n) is 10.8. The van der Waals surface area contributed by atoms with Gasteiger partial charge >= 0.3 is 0 Å². The quantitative estimate of drug-likeness (QED) is 0.478. The average Bonchev–Trinajstić information content (AvgIpc) is 3.49. The summed E-state index contributed by atoms with van der Waals surface area (Å²) in [5.74, 6) is 2.87. The Morgan fingerprint density at radius 2 is 1.71 bits per heavy atom. The summed E-state index contributed by atoms with van der Waals surface area (Å²) in [7, 11) is -4.35. The van der Waals surface area contributed by atoms with Gasteiger partial charge in [0, 0.05) is 19.5 Å². The number of amides is 1. The van der Waals surface area contributed by atoms with Crippen LogP contribution >= 0.6 is 0 Å². The Balaban J connectivity index is 1.27. The van der Waals surface area contributed by atoms with E-state index in [1.807, 2.05) is 0 Å². The van der Waals surface area contributed by atoms with E-state index in [0.29, 0.717) is 48.5 Å². The van der Waals surface area contributed by atoms with Crippen molar-refractivity contribution in [1.29, 1.82) is 0 Å². The zero-order valence-electron chi connectivity index (χ0n) is 23.8. The minimum Gasteiger partial charge on any atom is -0.748 e. The van der Waals surface area contributed by atoms with E-state index in [-0.39, 0.29) is 47.8 Å². The van der Waals surface area contributed by atoms with Crippen LogP contribution in [0.1, 0.15) is 98.3 Å². The molecule has 4 aliphatic carbocycles. The molecule has 1 heterocycles. The van der Waals surface area contributed by atoms with Gasteiger partial charge in [0.1, 0.15) is 0 Å². The highest BCUT2D eigenvalue weighted by Crippen LogP contribution is 2.69. The topological polar surface area (TPSA) is 118 Å². The second-order valence-electron chi connectivity index (χ2n) is 14.4. The third-order valence-corrected chi connectivity index (χ3v) is 14.1. The fraction of sp³-hybridized carbons (Fsp3) is 0.967. The number of nitrogens with zero attached hydrogens (tertiary/aromatic N) is 1. The molecule has 0 aromatic heterocycles. The number of fused-ring (bicyclic) bond motifs is 5. The van der Waals surface area contributed by atoms with Gasteiger partial charge in [-0.15, -0.1) is 0 Å². The molecule has 1 amide bonds. The van der Waals surface area contributed by atoms with Crippen molar-refractivity contribution in [2.24, 2.45) is 52.3 Å². The van der Waals surface area contributed by atoms with E-state index < -0.39 is 15.4 Å². The molecule has 0 aromatic carbocycles. The molecule has 2 N–H and O–H groups in total. The Bertz CT molecular complexity index is 1000. The highest BCUT2D eigenvalue weighted by atomic mass is 32.2. The molecule has 38 heavy (non-hydrogen) atoms. The van der Waals surface area contributed by atoms with Gasteiger partial charge in [-0.3, -0.25) is 4.79 Å². The first kappa shape index (κ1) is 28.8. The van der Waals surface area contributed by atoms with Crippen LogP contribution in [-0.2, 0) is 14.9 Å². The third kappa shape index (κ3) is 4.67. The van der Waals surface area contributed by atoms with Gasteiger partial charge in [0.15, 0.2) is 0 Å². The summed E-state index contributed by atoms with van der Waals surface area (Å²) in [5.41, 5.74) is 0.363. The second-order valence-corrected chi connectivity index (χ2v) is 16.0. The molecule has 0 radical (unpaired) electrons. The van der Waals surface area contributed by atoms with Crippen LogP contribution in [0.25, 0.3) is 0 Å². The number of aliphatic hydroxyl groups is 2. The molecule has 0 aromatic rings. The predicted molar refractivity (Wildman–Crippen MR) is 145 cm³/mol. The molecular formula is C30H50NO6S-. The van der Waals surface area contributed by atoms with Crippen LogP contribution in [0.5, 0.6) is 0 Å². The lowest BCUT2D eigenvalue weighted by Gasteiger charge is -2.64. The standard InChI is InChI=1S/C30H51NO6S/c1-5-21-25-16-19(32)10-13-30(25,4)24-11-14-29(3)22(7-8-23(29)27(24)28(21)34)18(2)6-9-26(33)31-15-12-20(17-31)38(35,36)37/h18-25,27-28,32,34H,5-17H2,1-4H3,(H,35,36,37)/p-1/t18-,19-,20+,21-,22-,23+,24+,25+,27+,28-,29-,30-/m1/s1. The highest BCUT2D eigenvalue weighted by molar-refractivity contribution is 7.86. The van der Waals surface area contributed by atoms with Crippen molar-refractivity contribution in [3.05, 3.63) is 0 Å². The van der Waals surface area contributed by atoms with Gasteiger partial charge in [-0.2, -0.15) is 0 Å². The summed E-state index contributed by atoms with van der Waals surface area (Å²) in [5, 5.41) is 21.4. The Morgan fingerprint density at radius 3 is 2.37 bits per heavy atom. The van der Waals surface area contributed by atoms with Crippen LogP contribution in [0.4, 0.5) is 0 Å². The number of likely N-dealkylation sites (tertiary alicyclic amines) is 1. The second kappa shape index (κ2) is 10.3. The summed E-state index contributed by atoms with van der Waals surface area (Å²) in [4.78, 5) is 14.4. The average molecular weight is 553 g/mol. The fourth-order valence-corrected chi connectivity index (χ4v) is 11.6. The molecule has 4 saturated carbocycles. The van der Waals surface area contributed by atoms with Crippen LogP contribution in [0.2, 0.25) is 0 Å². The molecule has 0 spiro atoms. The molecule has 0 bridgehead atoms. The van der Waals surface area contributed by atoms with Crippen molar-refractivity contribution in [3.8, 4) is 0 Å². The van der Waals surface area contributed by atoms with E-state index in [9.17, 15) is 28.0 Å². The molecule has 5 rings (SSSR count). The number of hydrogen-bond acceptors (Lipinski definition) is 6. The van der Waals surface area contributed by atoms with Gasteiger partial charge in [0.05, 0.1) is 27.6 Å². The first-order valence-electron chi connectivity index (χ1n) is 15.4. The van der Waals surface area contributed by atoms with E-state index in [2.05, 4.69) is 27.7 Å². The van der Waals surface area contributed by atoms with Crippen LogP contribution in [0.15, 0.2) is 0 Å². The molecule has 5 aliphatic rings. The van der Waals surface area contributed by atoms with Crippen molar-refractivity contribution < 1.29 is 28.0 Å². The Morgan fingerprint density at radius 1 is 1.03 bits per heavy atom. The van der Waals surface area contributed by atoms with E-state index in [1.165, 1.54) is 6.42 Å². The van der Waals surface area contributed by atoms with E-state index in [4.69, 9.17) is 0 Å². The van der Waals surface area contributed by atoms with Crippen LogP contribution < -0.4 is 0 Å². The van der Waals surface area contributed by atoms with Gasteiger partial charge in [-0.1, -0.05) is 34.1 Å². The van der Waals surface area contributed by atoms with Crippen molar-refractivity contribution in [3.63, 3.8) is 0 Å². The summed E-state index contributed by atoms with van der Waals surface area (Å²) in [6.07, 6.45) is 9.27. The van der Waals surface area contributed by atoms with Crippen molar-refractivity contribution in [2.75, 3.05) is 13.1 Å². The SMILES string of the molecule is CC[C@H]1[C@@H](O)[C@@H]2[C@H](CC[C@]3(C)[C@@H]([C@H](C)CCC(=O)N4CC[C@H](S(=O)(=O)[O-])C4)CC[C@@H]23)[C@@]2(C)CC[C@@H](O)C[C@@H]12. The van der Waals surface area contributed by atoms with E-state index in [1.54, 1.807) is 4.90 Å². The first-order valence-corrected chi connectivity index (χ1v) is 16.9. The number of carbonyl (C=O) groups is 1. The third-order valence-electron chi connectivity index (χ3n) is 12.9. The zero-order valence-corrected chi connectivity index (χ0v) is 24.7. The normalized spacial score (nSPS) is 47.8. The molecule has 0 unspecified atom stereocenters. The maximum atomic E-state index is 12.9. The predicted octanol–water partition coefficient (Wildman–Crippen LogP) is 4.18. The minimum absolute atomic E-state index is 0.0293. The first-order chi connectivity index (χ1) is 17.8. The summed E-state index contributed by atoms with van der Waals surface area (Å²) in [6, 6.07) is 0. The number of rotatable bonds is 6. The van der Waals surface area contributed by atoms with Crippen molar-refractivity contribution in [1.82, 2.24) is 4.90 Å². The van der Waals surface area contributed by atoms with Gasteiger partial charge in [-0.25, -0.2) is 8.42 Å². The lowest BCUT2D eigenvalue weighted by atomic mass is 9.41. The summed E-state index contributed by atoms with van der Waals surface area (Å²) in [6.45, 7) is 9.82. The van der Waals surface area contributed by atoms with E-state index in [0.717, 1.165) is 51.4 Å². The maximum Gasteiger partial charge on any atom is 0.222 e. The number of carbonyl (C=O) groups excluding carboxylic acids is 1. The van der Waals surface area contributed by atoms with Gasteiger partial charge in [0.2, 0.25) is 5.91 Å². The monoisotopic (exact) mass is 552 g/mol. The van der Waals surface area contributed by atoms with Gasteiger partial charge < -0.3 is 19.7 Å². The Hall–Kier alpha value is -0.700. The number of aliphatic hydroxyl groups excluding tert-OH is 2. The van der Waals surface area contributed by atoms with Gasteiger partial charge in [0.25, 0.3) is 0 Å². The minimum atomic E-state index is -4.35. The zero-order chi connectivity index (χ0) is 27.6. The van der Waals surface area contributed by atoms with E-state index >= 15 is 0 Å². The van der Waals surface area contributed by atoms with Crippen molar-refractivity contribution in [2.45, 2.75) is 116 Å². The lowest BCUT2D eigenvalue weighted by molar-refractivity contribution is -0.203. The number of hydrogen-bond donors (Lipinski definition) is 2. The van der Waals surface area contributed by atoms with Crippen LogP contribution in [-0.4, -0.2) is 64.5 Å². The summed E-state index contributed by atoms with van der Waals surface area (Å²) >= 11 is 0. The molecule has 8 heteroatoms.